The smallest absolute Gasteiger partial charge is 0.0240 e. The summed E-state index contributed by atoms with van der Waals surface area (Å²) in [4.78, 5) is 0. The number of rotatable bonds is 7. The Labute approximate surface area is 126 Å². The lowest BCUT2D eigenvalue weighted by Crippen LogP contribution is -2.34. The fraction of sp³-hybridized carbons (Fsp3) is 0.333. The van der Waals surface area contributed by atoms with E-state index >= 15 is 0 Å². The number of hydrogen-bond acceptors (Lipinski definition) is 2. The Morgan fingerprint density at radius 1 is 0.900 bits per heavy atom. The molecule has 0 radical (unpaired) electrons. The molecule has 1 atom stereocenters. The molecule has 0 aliphatic carbocycles. The minimum absolute atomic E-state index is 0.402. The zero-order valence-corrected chi connectivity index (χ0v) is 13.1. The average molecular weight is 285 g/mol. The van der Waals surface area contributed by atoms with Gasteiger partial charge in [-0.05, 0) is 24.3 Å². The van der Waals surface area contributed by atoms with Crippen molar-refractivity contribution in [2.45, 2.75) is 18.9 Å². The highest BCUT2D eigenvalue weighted by molar-refractivity contribution is 7.98. The van der Waals surface area contributed by atoms with Gasteiger partial charge in [0.05, 0.1) is 0 Å². The summed E-state index contributed by atoms with van der Waals surface area (Å²) in [5, 5.41) is 3.66. The minimum Gasteiger partial charge on any atom is -0.312 e. The lowest BCUT2D eigenvalue weighted by Gasteiger charge is -2.26. The number of hydrogen-bond donors (Lipinski definition) is 1. The van der Waals surface area contributed by atoms with Gasteiger partial charge in [0, 0.05) is 24.3 Å². The van der Waals surface area contributed by atoms with Crippen LogP contribution in [0.25, 0.3) is 0 Å². The maximum Gasteiger partial charge on any atom is 0.0240 e. The zero-order chi connectivity index (χ0) is 14.2. The minimum atomic E-state index is 0.402. The molecular weight excluding hydrogens is 262 g/mol. The summed E-state index contributed by atoms with van der Waals surface area (Å²) in [6.07, 6.45) is 2.15. The molecule has 1 unspecified atom stereocenters. The molecule has 0 aromatic heterocycles. The summed E-state index contributed by atoms with van der Waals surface area (Å²) in [5.74, 6) is 1.56. The van der Waals surface area contributed by atoms with E-state index in [1.54, 1.807) is 0 Å². The lowest BCUT2D eigenvalue weighted by molar-refractivity contribution is 0.516. The molecule has 0 bridgehead atoms. The molecule has 0 saturated heterocycles. The van der Waals surface area contributed by atoms with Gasteiger partial charge >= 0.3 is 0 Å². The number of thioether (sulfide) groups is 1. The standard InChI is InChI=1S/C18H23NS/c1-15(19-13-14-20-2)18(16-9-5-3-6-10-16)17-11-7-4-8-12-17/h3-12,15,18-19H,13-14H2,1-2H3. The molecule has 1 nitrogen and oxygen atoms in total. The fourth-order valence-electron chi connectivity index (χ4n) is 2.60. The molecular formula is C18H23NS. The Kier molecular flexibility index (Phi) is 6.16. The lowest BCUT2D eigenvalue weighted by atomic mass is 9.86. The summed E-state index contributed by atoms with van der Waals surface area (Å²) < 4.78 is 0. The van der Waals surface area contributed by atoms with Crippen LogP contribution >= 0.6 is 11.8 Å². The zero-order valence-electron chi connectivity index (χ0n) is 12.3. The molecule has 106 valence electrons. The average Bonchev–Trinajstić information content (AvgIpc) is 2.50. The maximum atomic E-state index is 3.66. The van der Waals surface area contributed by atoms with Gasteiger partial charge in [-0.2, -0.15) is 11.8 Å². The Balaban J connectivity index is 2.21. The Hall–Kier alpha value is -1.25. The van der Waals surface area contributed by atoms with Crippen LogP contribution < -0.4 is 5.32 Å². The van der Waals surface area contributed by atoms with Gasteiger partial charge in [0.2, 0.25) is 0 Å². The van der Waals surface area contributed by atoms with E-state index < -0.39 is 0 Å². The van der Waals surface area contributed by atoms with Crippen LogP contribution in [0.3, 0.4) is 0 Å². The second-order valence-electron chi connectivity index (χ2n) is 5.03. The van der Waals surface area contributed by atoms with Crippen LogP contribution in [0.1, 0.15) is 24.0 Å². The molecule has 0 fully saturated rings. The fourth-order valence-corrected chi connectivity index (χ4v) is 2.92. The van der Waals surface area contributed by atoms with Crippen molar-refractivity contribution in [1.82, 2.24) is 5.32 Å². The van der Waals surface area contributed by atoms with E-state index in [0.717, 1.165) is 12.3 Å². The summed E-state index contributed by atoms with van der Waals surface area (Å²) in [6, 6.07) is 22.0. The molecule has 0 spiro atoms. The first kappa shape index (κ1) is 15.1. The van der Waals surface area contributed by atoms with Gasteiger partial charge < -0.3 is 5.32 Å². The molecule has 0 aliphatic rings. The SMILES string of the molecule is CSCCNC(C)C(c1ccccc1)c1ccccc1. The Morgan fingerprint density at radius 2 is 1.40 bits per heavy atom. The summed E-state index contributed by atoms with van der Waals surface area (Å²) in [6.45, 7) is 3.34. The van der Waals surface area contributed by atoms with Gasteiger partial charge in [0.25, 0.3) is 0 Å². The van der Waals surface area contributed by atoms with Gasteiger partial charge in [-0.25, -0.2) is 0 Å². The second kappa shape index (κ2) is 8.13. The highest BCUT2D eigenvalue weighted by Crippen LogP contribution is 2.27. The molecule has 2 aromatic rings. The van der Waals surface area contributed by atoms with Crippen molar-refractivity contribution < 1.29 is 0 Å². The molecule has 0 heterocycles. The van der Waals surface area contributed by atoms with Crippen molar-refractivity contribution in [2.24, 2.45) is 0 Å². The first-order valence-electron chi connectivity index (χ1n) is 7.15. The van der Waals surface area contributed by atoms with E-state index in [4.69, 9.17) is 0 Å². The van der Waals surface area contributed by atoms with E-state index in [1.807, 2.05) is 11.8 Å². The van der Waals surface area contributed by atoms with E-state index in [2.05, 4.69) is 79.2 Å². The number of nitrogens with one attached hydrogen (secondary N) is 1. The van der Waals surface area contributed by atoms with Crippen molar-refractivity contribution in [3.8, 4) is 0 Å². The van der Waals surface area contributed by atoms with Crippen LogP contribution in [0, 0.1) is 0 Å². The van der Waals surface area contributed by atoms with Crippen molar-refractivity contribution in [3.05, 3.63) is 71.8 Å². The predicted octanol–water partition coefficient (Wildman–Crippen LogP) is 4.16. The number of benzene rings is 2. The van der Waals surface area contributed by atoms with E-state index in [9.17, 15) is 0 Å². The molecule has 0 saturated carbocycles. The molecule has 0 amide bonds. The van der Waals surface area contributed by atoms with Crippen molar-refractivity contribution in [3.63, 3.8) is 0 Å². The molecule has 2 rings (SSSR count). The van der Waals surface area contributed by atoms with Crippen molar-refractivity contribution in [2.75, 3.05) is 18.6 Å². The van der Waals surface area contributed by atoms with Crippen LogP contribution in [-0.4, -0.2) is 24.6 Å². The topological polar surface area (TPSA) is 12.0 Å². The highest BCUT2D eigenvalue weighted by atomic mass is 32.2. The van der Waals surface area contributed by atoms with Crippen molar-refractivity contribution >= 4 is 11.8 Å². The quantitative estimate of drug-likeness (QED) is 0.767. The first-order chi connectivity index (χ1) is 9.83. The third-order valence-corrected chi connectivity index (χ3v) is 4.20. The largest absolute Gasteiger partial charge is 0.312 e. The van der Waals surface area contributed by atoms with Gasteiger partial charge in [-0.3, -0.25) is 0 Å². The summed E-state index contributed by atoms with van der Waals surface area (Å²) in [7, 11) is 0. The normalized spacial score (nSPS) is 12.6. The van der Waals surface area contributed by atoms with Crippen molar-refractivity contribution in [1.29, 1.82) is 0 Å². The van der Waals surface area contributed by atoms with Crippen LogP contribution in [0.4, 0.5) is 0 Å². The molecule has 0 aliphatic heterocycles. The van der Waals surface area contributed by atoms with E-state index in [0.29, 0.717) is 12.0 Å². The van der Waals surface area contributed by atoms with Gasteiger partial charge in [-0.1, -0.05) is 60.7 Å². The highest BCUT2D eigenvalue weighted by Gasteiger charge is 2.20. The molecule has 1 N–H and O–H groups in total. The van der Waals surface area contributed by atoms with Gasteiger partial charge in [0.1, 0.15) is 0 Å². The third-order valence-electron chi connectivity index (χ3n) is 3.59. The summed E-state index contributed by atoms with van der Waals surface area (Å²) in [5.41, 5.74) is 2.76. The monoisotopic (exact) mass is 285 g/mol. The summed E-state index contributed by atoms with van der Waals surface area (Å²) >= 11 is 1.88. The first-order valence-corrected chi connectivity index (χ1v) is 8.54. The van der Waals surface area contributed by atoms with Gasteiger partial charge in [0.15, 0.2) is 0 Å². The molecule has 2 aromatic carbocycles. The molecule has 2 heteroatoms. The van der Waals surface area contributed by atoms with E-state index in [1.165, 1.54) is 11.1 Å². The Bertz CT molecular complexity index is 444. The second-order valence-corrected chi connectivity index (χ2v) is 6.02. The molecule has 20 heavy (non-hydrogen) atoms. The predicted molar refractivity (Wildman–Crippen MR) is 90.6 cm³/mol. The van der Waals surface area contributed by atoms with Crippen LogP contribution in [0.15, 0.2) is 60.7 Å². The van der Waals surface area contributed by atoms with Crippen LogP contribution in [-0.2, 0) is 0 Å². The Morgan fingerprint density at radius 3 is 1.85 bits per heavy atom. The maximum absolute atomic E-state index is 3.66. The van der Waals surface area contributed by atoms with E-state index in [-0.39, 0.29) is 0 Å². The van der Waals surface area contributed by atoms with Crippen LogP contribution in [0.2, 0.25) is 0 Å². The van der Waals surface area contributed by atoms with Crippen LogP contribution in [0.5, 0.6) is 0 Å². The van der Waals surface area contributed by atoms with Gasteiger partial charge in [-0.15, -0.1) is 0 Å². The third kappa shape index (κ3) is 4.12.